The van der Waals surface area contributed by atoms with Crippen LogP contribution in [0.1, 0.15) is 26.7 Å². The van der Waals surface area contributed by atoms with E-state index in [1.165, 1.54) is 12.8 Å². The Morgan fingerprint density at radius 3 is 2.62 bits per heavy atom. The summed E-state index contributed by atoms with van der Waals surface area (Å²) in [7, 11) is 0. The van der Waals surface area contributed by atoms with Crippen molar-refractivity contribution < 1.29 is 0 Å². The Morgan fingerprint density at radius 1 is 1.38 bits per heavy atom. The molecule has 1 heteroatoms. The van der Waals surface area contributed by atoms with E-state index in [4.69, 9.17) is 5.73 Å². The molecule has 0 fully saturated rings. The van der Waals surface area contributed by atoms with Crippen molar-refractivity contribution in [3.8, 4) is 0 Å². The first kappa shape index (κ1) is 10.5. The van der Waals surface area contributed by atoms with E-state index in [0.29, 0.717) is 11.8 Å². The zero-order valence-electron chi connectivity index (χ0n) is 8.74. The van der Waals surface area contributed by atoms with Crippen molar-refractivity contribution in [2.75, 3.05) is 6.54 Å². The average molecular weight is 179 g/mol. The highest BCUT2D eigenvalue weighted by Gasteiger charge is 2.18. The Kier molecular flexibility index (Phi) is 4.23. The summed E-state index contributed by atoms with van der Waals surface area (Å²) in [6.07, 6.45) is 11.2. The Bertz CT molecular complexity index is 191. The van der Waals surface area contributed by atoms with Gasteiger partial charge in [0.15, 0.2) is 0 Å². The molecule has 2 N–H and O–H groups in total. The van der Waals surface area contributed by atoms with Gasteiger partial charge in [-0.2, -0.15) is 0 Å². The maximum absolute atomic E-state index is 5.79. The van der Waals surface area contributed by atoms with Crippen LogP contribution < -0.4 is 5.73 Å². The van der Waals surface area contributed by atoms with Crippen molar-refractivity contribution >= 4 is 0 Å². The van der Waals surface area contributed by atoms with Gasteiger partial charge in [-0.05, 0) is 37.1 Å². The summed E-state index contributed by atoms with van der Waals surface area (Å²) in [4.78, 5) is 0. The molecule has 0 bridgehead atoms. The van der Waals surface area contributed by atoms with Crippen molar-refractivity contribution in [3.05, 3.63) is 24.3 Å². The van der Waals surface area contributed by atoms with Crippen molar-refractivity contribution in [3.63, 3.8) is 0 Å². The van der Waals surface area contributed by atoms with Gasteiger partial charge in [0.2, 0.25) is 0 Å². The molecule has 2 atom stereocenters. The van der Waals surface area contributed by atoms with E-state index < -0.39 is 0 Å². The Hall–Kier alpha value is -0.560. The molecule has 0 saturated carbocycles. The van der Waals surface area contributed by atoms with Gasteiger partial charge in [0.05, 0.1) is 0 Å². The van der Waals surface area contributed by atoms with Gasteiger partial charge in [-0.25, -0.2) is 0 Å². The number of nitrogens with two attached hydrogens (primary N) is 1. The number of rotatable bonds is 4. The molecule has 1 aliphatic rings. The summed E-state index contributed by atoms with van der Waals surface area (Å²) in [5.41, 5.74) is 5.79. The molecule has 1 unspecified atom stereocenters. The maximum atomic E-state index is 5.79. The van der Waals surface area contributed by atoms with E-state index in [0.717, 1.165) is 12.5 Å². The first-order valence-corrected chi connectivity index (χ1v) is 5.27. The van der Waals surface area contributed by atoms with Crippen LogP contribution in [0.5, 0.6) is 0 Å². The molecule has 0 aliphatic heterocycles. The van der Waals surface area contributed by atoms with E-state index in [2.05, 4.69) is 38.2 Å². The fourth-order valence-corrected chi connectivity index (χ4v) is 2.00. The largest absolute Gasteiger partial charge is 0.330 e. The van der Waals surface area contributed by atoms with Crippen LogP contribution in [0, 0.1) is 17.8 Å². The first-order valence-electron chi connectivity index (χ1n) is 5.27. The second-order valence-corrected chi connectivity index (χ2v) is 4.34. The number of hydrogen-bond donors (Lipinski definition) is 1. The second kappa shape index (κ2) is 5.23. The van der Waals surface area contributed by atoms with Crippen LogP contribution in [-0.4, -0.2) is 6.54 Å². The van der Waals surface area contributed by atoms with Crippen LogP contribution in [0.3, 0.4) is 0 Å². The average Bonchev–Trinajstić information content (AvgIpc) is 2.15. The summed E-state index contributed by atoms with van der Waals surface area (Å²) in [6.45, 7) is 5.36. The molecule has 74 valence electrons. The normalized spacial score (nSPS) is 23.8. The maximum Gasteiger partial charge on any atom is -0.00430 e. The van der Waals surface area contributed by atoms with Gasteiger partial charge in [0.1, 0.15) is 0 Å². The molecule has 13 heavy (non-hydrogen) atoms. The zero-order valence-corrected chi connectivity index (χ0v) is 8.74. The van der Waals surface area contributed by atoms with Crippen LogP contribution in [0.25, 0.3) is 0 Å². The predicted molar refractivity (Wildman–Crippen MR) is 58.4 cm³/mol. The minimum atomic E-state index is 0.668. The van der Waals surface area contributed by atoms with E-state index in [1.807, 2.05) is 0 Å². The van der Waals surface area contributed by atoms with E-state index in [-0.39, 0.29) is 0 Å². The minimum absolute atomic E-state index is 0.668. The van der Waals surface area contributed by atoms with Crippen molar-refractivity contribution in [1.29, 1.82) is 0 Å². The van der Waals surface area contributed by atoms with Gasteiger partial charge >= 0.3 is 0 Å². The van der Waals surface area contributed by atoms with Gasteiger partial charge < -0.3 is 5.73 Å². The van der Waals surface area contributed by atoms with Crippen LogP contribution in [-0.2, 0) is 0 Å². The topological polar surface area (TPSA) is 26.0 Å². The third kappa shape index (κ3) is 3.35. The predicted octanol–water partition coefficient (Wildman–Crippen LogP) is 2.74. The fraction of sp³-hybridized carbons (Fsp3) is 0.667. The van der Waals surface area contributed by atoms with Crippen LogP contribution in [0.15, 0.2) is 24.3 Å². The second-order valence-electron chi connectivity index (χ2n) is 4.34. The highest BCUT2D eigenvalue weighted by molar-refractivity contribution is 5.11. The number of allylic oxidation sites excluding steroid dienone is 4. The monoisotopic (exact) mass is 179 g/mol. The molecule has 0 heterocycles. The quantitative estimate of drug-likeness (QED) is 0.705. The summed E-state index contributed by atoms with van der Waals surface area (Å²) < 4.78 is 0. The third-order valence-electron chi connectivity index (χ3n) is 2.70. The van der Waals surface area contributed by atoms with Gasteiger partial charge in [-0.15, -0.1) is 0 Å². The van der Waals surface area contributed by atoms with E-state index in [9.17, 15) is 0 Å². The molecule has 0 spiro atoms. The van der Waals surface area contributed by atoms with Crippen LogP contribution >= 0.6 is 0 Å². The summed E-state index contributed by atoms with van der Waals surface area (Å²) in [5.74, 6) is 2.10. The molecule has 0 radical (unpaired) electrons. The van der Waals surface area contributed by atoms with Gasteiger partial charge in [0.25, 0.3) is 0 Å². The fourth-order valence-electron chi connectivity index (χ4n) is 2.00. The van der Waals surface area contributed by atoms with Crippen molar-refractivity contribution in [2.24, 2.45) is 23.5 Å². The summed E-state index contributed by atoms with van der Waals surface area (Å²) in [6, 6.07) is 0. The summed E-state index contributed by atoms with van der Waals surface area (Å²) >= 11 is 0. The Balaban J connectivity index is 2.46. The van der Waals surface area contributed by atoms with Gasteiger partial charge in [-0.3, -0.25) is 0 Å². The Labute approximate surface area is 81.7 Å². The molecule has 1 rings (SSSR count). The molecular weight excluding hydrogens is 158 g/mol. The standard InChI is InChI=1S/C12H21N/c1-10(2)8-12(9-13)11-6-4-3-5-7-11/h3-6,10-12H,7-9,13H2,1-2H3/t11?,12-/m1/s1. The third-order valence-corrected chi connectivity index (χ3v) is 2.70. The first-order chi connectivity index (χ1) is 6.24. The highest BCUT2D eigenvalue weighted by Crippen LogP contribution is 2.25. The van der Waals surface area contributed by atoms with Crippen molar-refractivity contribution in [1.82, 2.24) is 0 Å². The van der Waals surface area contributed by atoms with Gasteiger partial charge in [0, 0.05) is 0 Å². The lowest BCUT2D eigenvalue weighted by Crippen LogP contribution is -2.24. The smallest absolute Gasteiger partial charge is 0.00430 e. The van der Waals surface area contributed by atoms with E-state index in [1.54, 1.807) is 0 Å². The number of hydrogen-bond acceptors (Lipinski definition) is 1. The molecule has 0 aromatic rings. The van der Waals surface area contributed by atoms with Crippen LogP contribution in [0.2, 0.25) is 0 Å². The van der Waals surface area contributed by atoms with E-state index >= 15 is 0 Å². The van der Waals surface area contributed by atoms with Crippen LogP contribution in [0.4, 0.5) is 0 Å². The molecule has 0 aromatic carbocycles. The van der Waals surface area contributed by atoms with Crippen molar-refractivity contribution in [2.45, 2.75) is 26.7 Å². The minimum Gasteiger partial charge on any atom is -0.330 e. The molecule has 0 saturated heterocycles. The van der Waals surface area contributed by atoms with Gasteiger partial charge in [-0.1, -0.05) is 38.2 Å². The lowest BCUT2D eigenvalue weighted by molar-refractivity contribution is 0.333. The SMILES string of the molecule is CC(C)C[C@H](CN)C1C=CC=CC1. The molecule has 0 amide bonds. The lowest BCUT2D eigenvalue weighted by atomic mass is 9.82. The molecule has 0 aromatic heterocycles. The molecule has 1 aliphatic carbocycles. The molecular formula is C12H21N. The summed E-state index contributed by atoms with van der Waals surface area (Å²) in [5, 5.41) is 0. The lowest BCUT2D eigenvalue weighted by Gasteiger charge is -2.25. The highest BCUT2D eigenvalue weighted by atomic mass is 14.6. The Morgan fingerprint density at radius 2 is 2.15 bits per heavy atom. The molecule has 1 nitrogen and oxygen atoms in total. The zero-order chi connectivity index (χ0) is 9.68.